The van der Waals surface area contributed by atoms with Crippen LogP contribution >= 0.6 is 0 Å². The van der Waals surface area contributed by atoms with Crippen LogP contribution in [0.2, 0.25) is 0 Å². The summed E-state index contributed by atoms with van der Waals surface area (Å²) in [6, 6.07) is 7.24. The van der Waals surface area contributed by atoms with Crippen molar-refractivity contribution in [2.45, 2.75) is 13.0 Å². The number of benzene rings is 1. The molecule has 20 heavy (non-hydrogen) atoms. The number of halogens is 1. The van der Waals surface area contributed by atoms with E-state index in [4.69, 9.17) is 0 Å². The Morgan fingerprint density at radius 2 is 2.05 bits per heavy atom. The lowest BCUT2D eigenvalue weighted by molar-refractivity contribution is 0.0739. The molecule has 4 nitrogen and oxygen atoms in total. The van der Waals surface area contributed by atoms with Gasteiger partial charge in [0.25, 0.3) is 5.91 Å². The molecule has 0 aliphatic carbocycles. The molecule has 0 aliphatic rings. The summed E-state index contributed by atoms with van der Waals surface area (Å²) in [4.78, 5) is 17.5. The van der Waals surface area contributed by atoms with Gasteiger partial charge in [-0.15, -0.1) is 0 Å². The molecule has 0 saturated heterocycles. The topological polar surface area (TPSA) is 53.4 Å². The maximum atomic E-state index is 13.7. The maximum absolute atomic E-state index is 13.7. The number of carbonyl (C=O) groups is 1. The fraction of sp³-hybridized carbons (Fsp3) is 0.200. The van der Waals surface area contributed by atoms with Crippen LogP contribution in [0.3, 0.4) is 0 Å². The smallest absolute Gasteiger partial charge is 0.255 e. The summed E-state index contributed by atoms with van der Waals surface area (Å²) < 4.78 is 13.7. The zero-order valence-corrected chi connectivity index (χ0v) is 11.2. The van der Waals surface area contributed by atoms with Crippen LogP contribution < -0.4 is 0 Å². The summed E-state index contributed by atoms with van der Waals surface area (Å²) in [5.41, 5.74) is 0.701. The fourth-order valence-electron chi connectivity index (χ4n) is 1.95. The lowest BCUT2D eigenvalue weighted by Gasteiger charge is -2.25. The van der Waals surface area contributed by atoms with E-state index in [2.05, 4.69) is 4.98 Å². The number of hydrogen-bond acceptors (Lipinski definition) is 3. The Kier molecular flexibility index (Phi) is 3.98. The van der Waals surface area contributed by atoms with Crippen LogP contribution in [0.5, 0.6) is 5.75 Å². The number of amides is 1. The summed E-state index contributed by atoms with van der Waals surface area (Å²) in [6.07, 6.45) is 2.61. The van der Waals surface area contributed by atoms with Crippen LogP contribution in [0.15, 0.2) is 42.7 Å². The van der Waals surface area contributed by atoms with Crippen LogP contribution in [-0.2, 0) is 0 Å². The Hall–Kier alpha value is -2.43. The van der Waals surface area contributed by atoms with E-state index >= 15 is 0 Å². The number of carbonyl (C=O) groups excluding carboxylic acids is 1. The molecule has 2 aromatic rings. The molecule has 2 rings (SSSR count). The second-order valence-corrected chi connectivity index (χ2v) is 4.55. The van der Waals surface area contributed by atoms with Gasteiger partial charge in [0.2, 0.25) is 0 Å². The molecule has 1 aromatic carbocycles. The first kappa shape index (κ1) is 14.0. The minimum absolute atomic E-state index is 0.0807. The van der Waals surface area contributed by atoms with Gasteiger partial charge < -0.3 is 10.0 Å². The Bertz CT molecular complexity index is 631. The molecule has 1 amide bonds. The molecule has 1 heterocycles. The fourth-order valence-corrected chi connectivity index (χ4v) is 1.95. The van der Waals surface area contributed by atoms with Gasteiger partial charge in [-0.1, -0.05) is 18.2 Å². The minimum Gasteiger partial charge on any atom is -0.506 e. The van der Waals surface area contributed by atoms with E-state index in [0.717, 1.165) is 0 Å². The van der Waals surface area contributed by atoms with Gasteiger partial charge in [-0.25, -0.2) is 4.39 Å². The van der Waals surface area contributed by atoms with Crippen molar-refractivity contribution in [2.24, 2.45) is 0 Å². The summed E-state index contributed by atoms with van der Waals surface area (Å²) in [5, 5.41) is 9.35. The molecule has 0 spiro atoms. The van der Waals surface area contributed by atoms with Gasteiger partial charge in [0.1, 0.15) is 11.6 Å². The number of hydrogen-bond donors (Lipinski definition) is 1. The van der Waals surface area contributed by atoms with E-state index < -0.39 is 6.04 Å². The van der Waals surface area contributed by atoms with Crippen molar-refractivity contribution >= 4 is 5.91 Å². The third-order valence-electron chi connectivity index (χ3n) is 3.23. The SMILES string of the molecule is CC(c1ccccc1F)N(C)C(=O)c1cncc(O)c1. The van der Waals surface area contributed by atoms with Gasteiger partial charge in [0.05, 0.1) is 17.8 Å². The molecule has 0 saturated carbocycles. The third kappa shape index (κ3) is 2.77. The van der Waals surface area contributed by atoms with E-state index in [0.29, 0.717) is 5.56 Å². The highest BCUT2D eigenvalue weighted by molar-refractivity contribution is 5.94. The number of aromatic nitrogens is 1. The predicted octanol–water partition coefficient (Wildman–Crippen LogP) is 2.76. The van der Waals surface area contributed by atoms with E-state index in [1.54, 1.807) is 32.2 Å². The van der Waals surface area contributed by atoms with Crippen LogP contribution in [-0.4, -0.2) is 27.9 Å². The van der Waals surface area contributed by atoms with Gasteiger partial charge in [-0.3, -0.25) is 9.78 Å². The Morgan fingerprint density at radius 3 is 2.70 bits per heavy atom. The second-order valence-electron chi connectivity index (χ2n) is 4.55. The molecule has 1 atom stereocenters. The number of pyridine rings is 1. The zero-order valence-electron chi connectivity index (χ0n) is 11.2. The molecule has 0 bridgehead atoms. The van der Waals surface area contributed by atoms with Gasteiger partial charge >= 0.3 is 0 Å². The summed E-state index contributed by atoms with van der Waals surface area (Å²) in [6.45, 7) is 1.74. The molecule has 1 aromatic heterocycles. The lowest BCUT2D eigenvalue weighted by atomic mass is 10.1. The van der Waals surface area contributed by atoms with Crippen molar-refractivity contribution < 1.29 is 14.3 Å². The van der Waals surface area contributed by atoms with E-state index in [9.17, 15) is 14.3 Å². The maximum Gasteiger partial charge on any atom is 0.255 e. The van der Waals surface area contributed by atoms with Gasteiger partial charge in [-0.05, 0) is 19.1 Å². The quantitative estimate of drug-likeness (QED) is 0.936. The second kappa shape index (κ2) is 5.69. The molecule has 0 radical (unpaired) electrons. The van der Waals surface area contributed by atoms with Crippen LogP contribution in [0, 0.1) is 5.82 Å². The standard InChI is InChI=1S/C15H15FN2O2/c1-10(13-5-3-4-6-14(13)16)18(2)15(20)11-7-12(19)9-17-8-11/h3-10,19H,1-2H3. The summed E-state index contributed by atoms with van der Waals surface area (Å²) >= 11 is 0. The van der Waals surface area contributed by atoms with Crippen molar-refractivity contribution in [2.75, 3.05) is 7.05 Å². The number of aromatic hydroxyl groups is 1. The summed E-state index contributed by atoms with van der Waals surface area (Å²) in [5.74, 6) is -0.763. The highest BCUT2D eigenvalue weighted by Gasteiger charge is 2.21. The largest absolute Gasteiger partial charge is 0.506 e. The first-order valence-electron chi connectivity index (χ1n) is 6.16. The van der Waals surface area contributed by atoms with E-state index in [1.165, 1.54) is 29.4 Å². The van der Waals surface area contributed by atoms with Crippen LogP contribution in [0.1, 0.15) is 28.9 Å². The molecular weight excluding hydrogens is 259 g/mol. The molecule has 0 aliphatic heterocycles. The third-order valence-corrected chi connectivity index (χ3v) is 3.23. The van der Waals surface area contributed by atoms with Gasteiger partial charge in [0, 0.05) is 18.8 Å². The Labute approximate surface area is 116 Å². The monoisotopic (exact) mass is 274 g/mol. The highest BCUT2D eigenvalue weighted by atomic mass is 19.1. The zero-order chi connectivity index (χ0) is 14.7. The van der Waals surface area contributed by atoms with Crippen molar-refractivity contribution in [1.29, 1.82) is 0 Å². The van der Waals surface area contributed by atoms with Crippen molar-refractivity contribution in [3.05, 3.63) is 59.7 Å². The van der Waals surface area contributed by atoms with Gasteiger partial charge in [0.15, 0.2) is 0 Å². The number of rotatable bonds is 3. The molecule has 1 N–H and O–H groups in total. The predicted molar refractivity (Wildman–Crippen MR) is 72.8 cm³/mol. The molecule has 0 fully saturated rings. The van der Waals surface area contributed by atoms with Crippen molar-refractivity contribution in [1.82, 2.24) is 9.88 Å². The number of nitrogens with zero attached hydrogens (tertiary/aromatic N) is 2. The lowest BCUT2D eigenvalue weighted by Crippen LogP contribution is -2.30. The normalized spacial score (nSPS) is 11.9. The Morgan fingerprint density at radius 1 is 1.35 bits per heavy atom. The van der Waals surface area contributed by atoms with E-state index in [1.807, 2.05) is 0 Å². The highest BCUT2D eigenvalue weighted by Crippen LogP contribution is 2.23. The summed E-state index contributed by atoms with van der Waals surface area (Å²) in [7, 11) is 1.59. The molecular formula is C15H15FN2O2. The molecule has 104 valence electrons. The minimum atomic E-state index is -0.425. The first-order valence-corrected chi connectivity index (χ1v) is 6.16. The molecule has 1 unspecified atom stereocenters. The van der Waals surface area contributed by atoms with Crippen molar-refractivity contribution in [3.8, 4) is 5.75 Å². The van der Waals surface area contributed by atoms with Crippen LogP contribution in [0.4, 0.5) is 4.39 Å². The average Bonchev–Trinajstić information content (AvgIpc) is 2.45. The first-order chi connectivity index (χ1) is 9.50. The van der Waals surface area contributed by atoms with Crippen molar-refractivity contribution in [3.63, 3.8) is 0 Å². The molecule has 5 heteroatoms. The average molecular weight is 274 g/mol. The van der Waals surface area contributed by atoms with Gasteiger partial charge in [-0.2, -0.15) is 0 Å². The Balaban J connectivity index is 2.25. The van der Waals surface area contributed by atoms with E-state index in [-0.39, 0.29) is 23.0 Å². The van der Waals surface area contributed by atoms with Crippen LogP contribution in [0.25, 0.3) is 0 Å².